The van der Waals surface area contributed by atoms with Crippen LogP contribution in [0.2, 0.25) is 0 Å². The fourth-order valence-corrected chi connectivity index (χ4v) is 1.55. The first-order chi connectivity index (χ1) is 7.16. The van der Waals surface area contributed by atoms with Crippen LogP contribution in [0.4, 0.5) is 0 Å². The molecule has 0 heterocycles. The zero-order valence-corrected chi connectivity index (χ0v) is 12.2. The van der Waals surface area contributed by atoms with E-state index >= 15 is 0 Å². The van der Waals surface area contributed by atoms with Crippen molar-refractivity contribution in [2.75, 3.05) is 6.26 Å². The first-order valence-corrected chi connectivity index (χ1v) is 6.66. The molecule has 0 aliphatic carbocycles. The smallest absolute Gasteiger partial charge is 0.306 e. The van der Waals surface area contributed by atoms with Crippen molar-refractivity contribution in [3.63, 3.8) is 0 Å². The van der Waals surface area contributed by atoms with Gasteiger partial charge in [0.2, 0.25) is 0 Å². The highest BCUT2D eigenvalue weighted by Crippen LogP contribution is 2.22. The molecule has 0 spiro atoms. The first kappa shape index (κ1) is 16.1. The highest BCUT2D eigenvalue weighted by Gasteiger charge is 2.12. The molecule has 1 aromatic rings. The van der Waals surface area contributed by atoms with Crippen LogP contribution in [0.5, 0.6) is 11.5 Å². The summed E-state index contributed by atoms with van der Waals surface area (Å²) in [4.78, 5) is 0. The van der Waals surface area contributed by atoms with E-state index < -0.39 is 10.1 Å². The Bertz CT molecular complexity index is 443. The van der Waals surface area contributed by atoms with Crippen molar-refractivity contribution in [2.45, 2.75) is 26.4 Å². The van der Waals surface area contributed by atoms with E-state index in [2.05, 4.69) is 0 Å². The molecule has 0 aliphatic heterocycles. The van der Waals surface area contributed by atoms with Gasteiger partial charge in [-0.05, 0) is 45.0 Å². The zero-order valence-electron chi connectivity index (χ0n) is 10.4. The van der Waals surface area contributed by atoms with E-state index in [1.165, 1.54) is 0 Å². The first-order valence-electron chi connectivity index (χ1n) is 4.84. The van der Waals surface area contributed by atoms with E-state index in [1.54, 1.807) is 24.3 Å². The Kier molecular flexibility index (Phi) is 5.35. The van der Waals surface area contributed by atoms with Crippen molar-refractivity contribution in [3.05, 3.63) is 24.3 Å². The second-order valence-electron chi connectivity index (χ2n) is 4.47. The third-order valence-electron chi connectivity index (χ3n) is 1.50. The topological polar surface area (TPSA) is 52.6 Å². The Labute approximate surface area is 110 Å². The highest BCUT2D eigenvalue weighted by molar-refractivity contribution is 7.86. The lowest BCUT2D eigenvalue weighted by Crippen LogP contribution is -2.22. The molecular weight excluding hydrogens is 260 g/mol. The highest BCUT2D eigenvalue weighted by atomic mass is 32.2. The van der Waals surface area contributed by atoms with Crippen LogP contribution >= 0.6 is 13.5 Å². The van der Waals surface area contributed by atoms with Gasteiger partial charge in [-0.3, -0.25) is 0 Å². The summed E-state index contributed by atoms with van der Waals surface area (Å²) in [6.45, 7) is 5.82. The van der Waals surface area contributed by atoms with E-state index in [4.69, 9.17) is 8.92 Å². The lowest BCUT2D eigenvalue weighted by Gasteiger charge is -2.21. The molecule has 0 radical (unpaired) electrons. The minimum absolute atomic E-state index is 0. The van der Waals surface area contributed by atoms with Gasteiger partial charge in [0.1, 0.15) is 17.1 Å². The summed E-state index contributed by atoms with van der Waals surface area (Å²) in [5.74, 6) is 0.956. The van der Waals surface area contributed by atoms with E-state index in [9.17, 15) is 8.42 Å². The van der Waals surface area contributed by atoms with Gasteiger partial charge in [-0.15, -0.1) is 0 Å². The molecule has 0 aliphatic rings. The molecule has 17 heavy (non-hydrogen) atoms. The Morgan fingerprint density at radius 1 is 1.00 bits per heavy atom. The minimum Gasteiger partial charge on any atom is -0.488 e. The molecule has 0 unspecified atom stereocenters. The van der Waals surface area contributed by atoms with Crippen molar-refractivity contribution >= 4 is 23.6 Å². The van der Waals surface area contributed by atoms with Crippen molar-refractivity contribution < 1.29 is 17.3 Å². The van der Waals surface area contributed by atoms with Crippen molar-refractivity contribution in [1.82, 2.24) is 0 Å². The van der Waals surface area contributed by atoms with Gasteiger partial charge < -0.3 is 8.92 Å². The Morgan fingerprint density at radius 3 is 1.76 bits per heavy atom. The van der Waals surface area contributed by atoms with Gasteiger partial charge in [-0.25, -0.2) is 0 Å². The Hall–Kier alpha value is -0.880. The molecule has 0 saturated carbocycles. The predicted octanol–water partition coefficient (Wildman–Crippen LogP) is 2.32. The molecule has 0 amide bonds. The van der Waals surface area contributed by atoms with Crippen LogP contribution in [0.3, 0.4) is 0 Å². The fourth-order valence-electron chi connectivity index (χ4n) is 1.09. The lowest BCUT2D eigenvalue weighted by molar-refractivity contribution is 0.131. The average Bonchev–Trinajstić information content (AvgIpc) is 2.03. The molecule has 0 aromatic heterocycles. The number of benzene rings is 1. The van der Waals surface area contributed by atoms with Gasteiger partial charge in [0.05, 0.1) is 6.26 Å². The van der Waals surface area contributed by atoms with Crippen LogP contribution in [-0.4, -0.2) is 20.3 Å². The lowest BCUT2D eigenvalue weighted by atomic mass is 10.2. The molecular formula is C11H18O4S2. The molecule has 0 fully saturated rings. The maximum absolute atomic E-state index is 10.9. The van der Waals surface area contributed by atoms with E-state index in [0.29, 0.717) is 5.75 Å². The summed E-state index contributed by atoms with van der Waals surface area (Å²) in [5.41, 5.74) is -0.279. The third-order valence-corrected chi connectivity index (χ3v) is 1.99. The van der Waals surface area contributed by atoms with Crippen molar-refractivity contribution in [3.8, 4) is 11.5 Å². The molecule has 6 heteroatoms. The normalized spacial score (nSPS) is 11.5. The zero-order chi connectivity index (χ0) is 12.4. The molecule has 0 saturated heterocycles. The summed E-state index contributed by atoms with van der Waals surface area (Å²) < 4.78 is 32.0. The van der Waals surface area contributed by atoms with Gasteiger partial charge in [0.15, 0.2) is 0 Å². The van der Waals surface area contributed by atoms with Gasteiger partial charge in [0.25, 0.3) is 0 Å². The van der Waals surface area contributed by atoms with Crippen LogP contribution in [-0.2, 0) is 10.1 Å². The second kappa shape index (κ2) is 5.64. The number of hydrogen-bond acceptors (Lipinski definition) is 4. The Morgan fingerprint density at radius 2 is 1.41 bits per heavy atom. The largest absolute Gasteiger partial charge is 0.488 e. The summed E-state index contributed by atoms with van der Waals surface area (Å²) in [7, 11) is -3.47. The van der Waals surface area contributed by atoms with Gasteiger partial charge in [-0.2, -0.15) is 21.9 Å². The van der Waals surface area contributed by atoms with Gasteiger partial charge in [-0.1, -0.05) is 0 Å². The van der Waals surface area contributed by atoms with Crippen LogP contribution in [0.1, 0.15) is 20.8 Å². The summed E-state index contributed by atoms with van der Waals surface area (Å²) >= 11 is 0. The van der Waals surface area contributed by atoms with E-state index in [-0.39, 0.29) is 24.8 Å². The van der Waals surface area contributed by atoms with E-state index in [0.717, 1.165) is 6.26 Å². The molecule has 1 aromatic carbocycles. The number of hydrogen-bond donors (Lipinski definition) is 0. The number of ether oxygens (including phenoxy) is 1. The Balaban J connectivity index is 0.00000256. The SMILES string of the molecule is CC(C)(C)Oc1ccc(OS(C)(=O)=O)cc1.S. The summed E-state index contributed by atoms with van der Waals surface area (Å²) in [6, 6.07) is 6.46. The van der Waals surface area contributed by atoms with E-state index in [1.807, 2.05) is 20.8 Å². The molecule has 0 bridgehead atoms. The van der Waals surface area contributed by atoms with Crippen LogP contribution < -0.4 is 8.92 Å². The summed E-state index contributed by atoms with van der Waals surface area (Å²) in [6.07, 6.45) is 1.01. The molecule has 0 N–H and O–H groups in total. The molecule has 0 atom stereocenters. The molecule has 4 nitrogen and oxygen atoms in total. The molecule has 98 valence electrons. The average molecular weight is 278 g/mol. The van der Waals surface area contributed by atoms with Gasteiger partial charge >= 0.3 is 10.1 Å². The van der Waals surface area contributed by atoms with Crippen molar-refractivity contribution in [2.24, 2.45) is 0 Å². The van der Waals surface area contributed by atoms with Gasteiger partial charge in [0, 0.05) is 0 Å². The van der Waals surface area contributed by atoms with Crippen LogP contribution in [0.25, 0.3) is 0 Å². The predicted molar refractivity (Wildman–Crippen MR) is 72.7 cm³/mol. The van der Waals surface area contributed by atoms with Crippen LogP contribution in [0, 0.1) is 0 Å². The summed E-state index contributed by atoms with van der Waals surface area (Å²) in [5, 5.41) is 0. The second-order valence-corrected chi connectivity index (χ2v) is 6.05. The maximum Gasteiger partial charge on any atom is 0.306 e. The minimum atomic E-state index is -3.47. The van der Waals surface area contributed by atoms with Crippen LogP contribution in [0.15, 0.2) is 24.3 Å². The maximum atomic E-state index is 10.9. The van der Waals surface area contributed by atoms with Crippen molar-refractivity contribution in [1.29, 1.82) is 0 Å². The fraction of sp³-hybridized carbons (Fsp3) is 0.455. The quantitative estimate of drug-likeness (QED) is 0.796. The third kappa shape index (κ3) is 7.12. The monoisotopic (exact) mass is 278 g/mol. The number of rotatable bonds is 3. The molecule has 1 rings (SSSR count). The standard InChI is InChI=1S/C11H16O4S.H2S/c1-11(2,3)14-9-5-7-10(8-6-9)15-16(4,12)13;/h5-8H,1-4H3;1H2.